The Balaban J connectivity index is 2.05. The van der Waals surface area contributed by atoms with Crippen molar-refractivity contribution in [3.63, 3.8) is 0 Å². The third-order valence-electron chi connectivity index (χ3n) is 4.22. The van der Waals surface area contributed by atoms with Crippen LogP contribution in [0.15, 0.2) is 58.7 Å². The van der Waals surface area contributed by atoms with Crippen LogP contribution >= 0.6 is 15.9 Å². The highest BCUT2D eigenvalue weighted by Crippen LogP contribution is 2.32. The Morgan fingerprint density at radius 3 is 2.25 bits per heavy atom. The van der Waals surface area contributed by atoms with E-state index in [0.29, 0.717) is 22.5 Å². The number of carbonyl (C=O) groups excluding carboxylic acids is 3. The van der Waals surface area contributed by atoms with Crippen LogP contribution in [-0.2, 0) is 14.4 Å². The second-order valence-electron chi connectivity index (χ2n) is 6.72. The predicted octanol–water partition coefficient (Wildman–Crippen LogP) is 4.01. The van der Waals surface area contributed by atoms with Crippen molar-refractivity contribution in [3.05, 3.63) is 64.3 Å². The number of halogens is 1. The summed E-state index contributed by atoms with van der Waals surface area (Å²) in [5.74, 6) is -0.882. The highest BCUT2D eigenvalue weighted by Gasteiger charge is 2.40. The van der Waals surface area contributed by atoms with E-state index in [0.717, 1.165) is 4.47 Å². The first-order valence-electron chi connectivity index (χ1n) is 8.80. The van der Waals surface area contributed by atoms with Crippen molar-refractivity contribution in [2.24, 2.45) is 0 Å². The van der Waals surface area contributed by atoms with Crippen molar-refractivity contribution in [2.75, 3.05) is 10.6 Å². The molecular weight excluding hydrogens is 422 g/mol. The van der Waals surface area contributed by atoms with E-state index in [2.05, 4.69) is 26.6 Å². The molecule has 3 amide bonds. The smallest absolute Gasteiger partial charge is 0.278 e. The van der Waals surface area contributed by atoms with Crippen LogP contribution in [0.2, 0.25) is 0 Å². The van der Waals surface area contributed by atoms with Gasteiger partial charge in [-0.1, -0.05) is 34.1 Å². The molecule has 3 rings (SSSR count). The first-order chi connectivity index (χ1) is 13.3. The van der Waals surface area contributed by atoms with Gasteiger partial charge in [-0.25, -0.2) is 0 Å². The highest BCUT2D eigenvalue weighted by molar-refractivity contribution is 9.10. The Kier molecular flexibility index (Phi) is 5.65. The van der Waals surface area contributed by atoms with Crippen LogP contribution in [0.25, 0.3) is 5.57 Å². The summed E-state index contributed by atoms with van der Waals surface area (Å²) in [5.41, 5.74) is 2.48. The van der Waals surface area contributed by atoms with Gasteiger partial charge in [-0.3, -0.25) is 19.3 Å². The zero-order chi connectivity index (χ0) is 20.4. The molecule has 7 heteroatoms. The van der Waals surface area contributed by atoms with Crippen LogP contribution in [0.1, 0.15) is 26.3 Å². The Bertz CT molecular complexity index is 981. The standard InChI is InChI=1S/C21H20BrN3O3/c1-12(2)25-20(27)18(14-7-9-16(10-8-14)23-13(3)26)19(21(25)28)24-17-6-4-5-15(22)11-17/h4-12,24H,1-3H3,(H,23,26). The molecule has 2 aromatic rings. The van der Waals surface area contributed by atoms with Crippen LogP contribution in [-0.4, -0.2) is 28.7 Å². The van der Waals surface area contributed by atoms with E-state index >= 15 is 0 Å². The molecular formula is C21H20BrN3O3. The molecule has 2 aromatic carbocycles. The van der Waals surface area contributed by atoms with Gasteiger partial charge in [-0.2, -0.15) is 0 Å². The summed E-state index contributed by atoms with van der Waals surface area (Å²) >= 11 is 3.41. The second-order valence-corrected chi connectivity index (χ2v) is 7.63. The highest BCUT2D eigenvalue weighted by atomic mass is 79.9. The molecule has 28 heavy (non-hydrogen) atoms. The molecule has 0 saturated heterocycles. The molecule has 1 aliphatic rings. The van der Waals surface area contributed by atoms with Gasteiger partial charge in [-0.15, -0.1) is 0 Å². The maximum absolute atomic E-state index is 13.0. The minimum Gasteiger partial charge on any atom is -0.350 e. The fourth-order valence-corrected chi connectivity index (χ4v) is 3.43. The van der Waals surface area contributed by atoms with Gasteiger partial charge in [0.15, 0.2) is 0 Å². The summed E-state index contributed by atoms with van der Waals surface area (Å²) in [5, 5.41) is 5.80. The third kappa shape index (κ3) is 3.99. The van der Waals surface area contributed by atoms with Gasteiger partial charge in [0.2, 0.25) is 5.91 Å². The Labute approximate surface area is 171 Å². The first kappa shape index (κ1) is 19.8. The minimum absolute atomic E-state index is 0.179. The number of anilines is 2. The minimum atomic E-state index is -0.360. The number of benzene rings is 2. The molecule has 0 atom stereocenters. The molecule has 0 bridgehead atoms. The molecule has 2 N–H and O–H groups in total. The van der Waals surface area contributed by atoms with Crippen LogP contribution in [0.5, 0.6) is 0 Å². The SMILES string of the molecule is CC(=O)Nc1ccc(C2=C(Nc3cccc(Br)c3)C(=O)N(C(C)C)C2=O)cc1. The number of imide groups is 1. The molecule has 0 spiro atoms. The van der Waals surface area contributed by atoms with Crippen molar-refractivity contribution >= 4 is 50.6 Å². The van der Waals surface area contributed by atoms with Gasteiger partial charge in [0.1, 0.15) is 5.70 Å². The molecule has 0 aromatic heterocycles. The fourth-order valence-electron chi connectivity index (χ4n) is 3.03. The third-order valence-corrected chi connectivity index (χ3v) is 4.71. The van der Waals surface area contributed by atoms with E-state index in [1.807, 2.05) is 24.3 Å². The van der Waals surface area contributed by atoms with Crippen LogP contribution in [0.4, 0.5) is 11.4 Å². The van der Waals surface area contributed by atoms with Gasteiger partial charge >= 0.3 is 0 Å². The van der Waals surface area contributed by atoms with Crippen molar-refractivity contribution in [3.8, 4) is 0 Å². The summed E-state index contributed by atoms with van der Waals surface area (Å²) in [4.78, 5) is 38.4. The maximum Gasteiger partial charge on any atom is 0.278 e. The zero-order valence-electron chi connectivity index (χ0n) is 15.7. The molecule has 0 aliphatic carbocycles. The van der Waals surface area contributed by atoms with E-state index in [9.17, 15) is 14.4 Å². The summed E-state index contributed by atoms with van der Waals surface area (Å²) in [7, 11) is 0. The van der Waals surface area contributed by atoms with E-state index in [-0.39, 0.29) is 29.5 Å². The lowest BCUT2D eigenvalue weighted by molar-refractivity contribution is -0.138. The Morgan fingerprint density at radius 2 is 1.68 bits per heavy atom. The number of hydrogen-bond acceptors (Lipinski definition) is 4. The largest absolute Gasteiger partial charge is 0.350 e. The van der Waals surface area contributed by atoms with Crippen LogP contribution in [0.3, 0.4) is 0 Å². The molecule has 0 fully saturated rings. The monoisotopic (exact) mass is 441 g/mol. The average molecular weight is 442 g/mol. The molecule has 0 saturated carbocycles. The molecule has 1 aliphatic heterocycles. The van der Waals surface area contributed by atoms with Gasteiger partial charge < -0.3 is 10.6 Å². The van der Waals surface area contributed by atoms with E-state index in [4.69, 9.17) is 0 Å². The number of rotatable bonds is 5. The van der Waals surface area contributed by atoms with E-state index in [1.165, 1.54) is 11.8 Å². The molecule has 6 nitrogen and oxygen atoms in total. The van der Waals surface area contributed by atoms with Crippen LogP contribution in [0, 0.1) is 0 Å². The van der Waals surface area contributed by atoms with E-state index < -0.39 is 0 Å². The summed E-state index contributed by atoms with van der Waals surface area (Å²) in [6.45, 7) is 5.03. The van der Waals surface area contributed by atoms with Gasteiger partial charge in [0.25, 0.3) is 11.8 Å². The quantitative estimate of drug-likeness (QED) is 0.687. The van der Waals surface area contributed by atoms with Crippen molar-refractivity contribution < 1.29 is 14.4 Å². The molecule has 144 valence electrons. The van der Waals surface area contributed by atoms with Crippen molar-refractivity contribution in [2.45, 2.75) is 26.8 Å². The van der Waals surface area contributed by atoms with Gasteiger partial charge in [0, 0.05) is 28.8 Å². The maximum atomic E-state index is 13.0. The fraction of sp³-hybridized carbons (Fsp3) is 0.190. The molecule has 0 radical (unpaired) electrons. The lowest BCUT2D eigenvalue weighted by Gasteiger charge is -2.19. The lowest BCUT2D eigenvalue weighted by Crippen LogP contribution is -2.38. The summed E-state index contributed by atoms with van der Waals surface area (Å²) in [6, 6.07) is 14.0. The lowest BCUT2D eigenvalue weighted by atomic mass is 10.0. The van der Waals surface area contributed by atoms with Gasteiger partial charge in [0.05, 0.1) is 5.57 Å². The predicted molar refractivity (Wildman–Crippen MR) is 112 cm³/mol. The number of nitrogens with one attached hydrogen (secondary N) is 2. The van der Waals surface area contributed by atoms with E-state index in [1.54, 1.807) is 38.1 Å². The zero-order valence-corrected chi connectivity index (χ0v) is 17.3. The molecule has 1 heterocycles. The number of carbonyl (C=O) groups is 3. The Morgan fingerprint density at radius 1 is 1.00 bits per heavy atom. The topological polar surface area (TPSA) is 78.5 Å². The van der Waals surface area contributed by atoms with Crippen LogP contribution < -0.4 is 10.6 Å². The first-order valence-corrected chi connectivity index (χ1v) is 9.60. The second kappa shape index (κ2) is 7.98. The van der Waals surface area contributed by atoms with Gasteiger partial charge in [-0.05, 0) is 49.7 Å². The van der Waals surface area contributed by atoms with Crippen molar-refractivity contribution in [1.82, 2.24) is 4.90 Å². The number of nitrogens with zero attached hydrogens (tertiary/aromatic N) is 1. The Hall–Kier alpha value is -2.93. The molecule has 0 unspecified atom stereocenters. The summed E-state index contributed by atoms with van der Waals surface area (Å²) < 4.78 is 0.858. The number of amides is 3. The van der Waals surface area contributed by atoms with Crippen molar-refractivity contribution in [1.29, 1.82) is 0 Å². The summed E-state index contributed by atoms with van der Waals surface area (Å²) in [6.07, 6.45) is 0. The average Bonchev–Trinajstić information content (AvgIpc) is 2.85. The number of hydrogen-bond donors (Lipinski definition) is 2. The normalized spacial score (nSPS) is 14.1.